The molecular weight excluding hydrogens is 378 g/mol. The van der Waals surface area contributed by atoms with E-state index in [0.717, 1.165) is 6.08 Å². The van der Waals surface area contributed by atoms with Crippen molar-refractivity contribution in [3.63, 3.8) is 0 Å². The van der Waals surface area contributed by atoms with Gasteiger partial charge >= 0.3 is 11.9 Å². The summed E-state index contributed by atoms with van der Waals surface area (Å²) in [7, 11) is 0. The van der Waals surface area contributed by atoms with E-state index >= 15 is 0 Å². The van der Waals surface area contributed by atoms with Crippen LogP contribution in [-0.2, 0) is 23.9 Å². The molecule has 7 heteroatoms. The number of ether oxygens (including phenoxy) is 2. The molecule has 0 spiro atoms. The molecule has 6 nitrogen and oxygen atoms in total. The van der Waals surface area contributed by atoms with Crippen molar-refractivity contribution < 1.29 is 23.9 Å². The average molecular weight is 398 g/mol. The van der Waals surface area contributed by atoms with Gasteiger partial charge in [-0.2, -0.15) is 0 Å². The van der Waals surface area contributed by atoms with Crippen molar-refractivity contribution in [2.45, 2.75) is 25.5 Å². The predicted molar refractivity (Wildman–Crippen MR) is 92.4 cm³/mol. The van der Waals surface area contributed by atoms with Gasteiger partial charge in [0.15, 0.2) is 12.1 Å². The molecule has 0 unspecified atom stereocenters. The minimum Gasteiger partial charge on any atom is -0.464 e. The van der Waals surface area contributed by atoms with Crippen LogP contribution in [-0.4, -0.2) is 35.8 Å². The van der Waals surface area contributed by atoms with Crippen LogP contribution < -0.4 is 5.32 Å². The lowest BCUT2D eigenvalue weighted by molar-refractivity contribution is -0.159. The normalized spacial score (nSPS) is 12.6. The van der Waals surface area contributed by atoms with E-state index in [2.05, 4.69) is 27.8 Å². The van der Waals surface area contributed by atoms with Gasteiger partial charge in [0.1, 0.15) is 0 Å². The van der Waals surface area contributed by atoms with E-state index in [1.165, 1.54) is 0 Å². The third kappa shape index (κ3) is 6.16. The van der Waals surface area contributed by atoms with Crippen molar-refractivity contribution in [2.24, 2.45) is 0 Å². The van der Waals surface area contributed by atoms with Crippen molar-refractivity contribution in [2.75, 3.05) is 11.9 Å². The molecule has 1 N–H and O–H groups in total. The van der Waals surface area contributed by atoms with Gasteiger partial charge in [0.2, 0.25) is 5.91 Å². The highest BCUT2D eigenvalue weighted by Gasteiger charge is 2.34. The summed E-state index contributed by atoms with van der Waals surface area (Å²) in [5.41, 5.74) is 0.572. The van der Waals surface area contributed by atoms with E-state index < -0.39 is 30.0 Å². The Morgan fingerprint density at radius 2 is 1.96 bits per heavy atom. The van der Waals surface area contributed by atoms with Crippen LogP contribution >= 0.6 is 15.9 Å². The number of rotatable bonds is 9. The molecule has 130 valence electrons. The molecule has 0 saturated heterocycles. The van der Waals surface area contributed by atoms with E-state index in [1.807, 2.05) is 0 Å². The van der Waals surface area contributed by atoms with Crippen LogP contribution in [0.3, 0.4) is 0 Å². The van der Waals surface area contributed by atoms with Crippen LogP contribution in [0.25, 0.3) is 0 Å². The summed E-state index contributed by atoms with van der Waals surface area (Å²) in [6, 6.07) is 7.53. The minimum absolute atomic E-state index is 0.133. The van der Waals surface area contributed by atoms with E-state index in [-0.39, 0.29) is 13.0 Å². The van der Waals surface area contributed by atoms with Gasteiger partial charge < -0.3 is 14.8 Å². The first-order chi connectivity index (χ1) is 11.5. The molecule has 0 saturated carbocycles. The Balaban J connectivity index is 3.17. The fourth-order valence-corrected chi connectivity index (χ4v) is 2.28. The molecule has 2 atom stereocenters. The second-order valence-electron chi connectivity index (χ2n) is 4.70. The molecule has 1 aromatic rings. The number of amides is 1. The van der Waals surface area contributed by atoms with E-state index in [1.54, 1.807) is 37.3 Å². The number of halogens is 1. The topological polar surface area (TPSA) is 81.7 Å². The maximum Gasteiger partial charge on any atom is 0.332 e. The zero-order valence-corrected chi connectivity index (χ0v) is 15.0. The van der Waals surface area contributed by atoms with E-state index in [9.17, 15) is 14.4 Å². The molecule has 0 aliphatic carbocycles. The standard InChI is InChI=1S/C17H20BrNO5/c1-3-13(20)19-15(17(22)23-4-2)16(24-14(21)10-11-18)12-8-6-5-7-9-12/h3,5-9,15-16H,1,4,10-11H2,2H3,(H,19,20)/t15-,16+/m0/s1. The highest BCUT2D eigenvalue weighted by molar-refractivity contribution is 9.09. The third-order valence-corrected chi connectivity index (χ3v) is 3.41. The molecule has 1 rings (SSSR count). The second kappa shape index (κ2) is 10.6. The van der Waals surface area contributed by atoms with Crippen molar-refractivity contribution >= 4 is 33.8 Å². The lowest BCUT2D eigenvalue weighted by Gasteiger charge is -2.26. The van der Waals surface area contributed by atoms with Gasteiger partial charge in [-0.3, -0.25) is 9.59 Å². The number of benzene rings is 1. The number of carbonyl (C=O) groups is 3. The summed E-state index contributed by atoms with van der Waals surface area (Å²) in [4.78, 5) is 35.9. The van der Waals surface area contributed by atoms with Gasteiger partial charge in [0, 0.05) is 5.33 Å². The largest absolute Gasteiger partial charge is 0.464 e. The Hall–Kier alpha value is -2.15. The monoisotopic (exact) mass is 397 g/mol. The Bertz CT molecular complexity index is 576. The SMILES string of the molecule is C=CC(=O)N[C@H](C(=O)OCC)[C@H](OC(=O)CCBr)c1ccccc1. The lowest BCUT2D eigenvalue weighted by atomic mass is 10.0. The molecule has 0 bridgehead atoms. The van der Waals surface area contributed by atoms with Crippen LogP contribution in [0.5, 0.6) is 0 Å². The zero-order chi connectivity index (χ0) is 17.9. The quantitative estimate of drug-likeness (QED) is 0.392. The Morgan fingerprint density at radius 1 is 1.29 bits per heavy atom. The number of alkyl halides is 1. The van der Waals surface area contributed by atoms with E-state index in [0.29, 0.717) is 10.9 Å². The van der Waals surface area contributed by atoms with Crippen molar-refractivity contribution in [1.82, 2.24) is 5.32 Å². The third-order valence-electron chi connectivity index (χ3n) is 3.01. The molecule has 24 heavy (non-hydrogen) atoms. The summed E-state index contributed by atoms with van der Waals surface area (Å²) in [5, 5.41) is 2.90. The van der Waals surface area contributed by atoms with Gasteiger partial charge in [0.25, 0.3) is 0 Å². The van der Waals surface area contributed by atoms with E-state index in [4.69, 9.17) is 9.47 Å². The Morgan fingerprint density at radius 3 is 2.50 bits per heavy atom. The number of hydrogen-bond donors (Lipinski definition) is 1. The lowest BCUT2D eigenvalue weighted by Crippen LogP contribution is -2.46. The Labute approximate surface area is 149 Å². The van der Waals surface area contributed by atoms with Gasteiger partial charge in [-0.05, 0) is 18.6 Å². The van der Waals surface area contributed by atoms with Crippen LogP contribution in [0.4, 0.5) is 0 Å². The molecule has 0 radical (unpaired) electrons. The van der Waals surface area contributed by atoms with Gasteiger partial charge in [-0.15, -0.1) is 0 Å². The summed E-state index contributed by atoms with van der Waals surface area (Å²) < 4.78 is 10.4. The molecule has 0 aromatic heterocycles. The number of esters is 2. The first kappa shape index (κ1) is 19.9. The molecule has 1 amide bonds. The summed E-state index contributed by atoms with van der Waals surface area (Å²) in [5.74, 6) is -1.75. The Kier molecular flexibility index (Phi) is 8.78. The highest BCUT2D eigenvalue weighted by Crippen LogP contribution is 2.23. The van der Waals surface area contributed by atoms with Crippen LogP contribution in [0.1, 0.15) is 25.0 Å². The smallest absolute Gasteiger partial charge is 0.332 e. The molecule has 1 aromatic carbocycles. The molecular formula is C17H20BrNO5. The zero-order valence-electron chi connectivity index (χ0n) is 13.4. The molecule has 0 heterocycles. The van der Waals surface area contributed by atoms with Gasteiger partial charge in [-0.1, -0.05) is 52.8 Å². The minimum atomic E-state index is -1.17. The fraction of sp³-hybridized carbons (Fsp3) is 0.353. The van der Waals surface area contributed by atoms with Crippen molar-refractivity contribution in [3.05, 3.63) is 48.6 Å². The molecule has 0 aliphatic rings. The van der Waals surface area contributed by atoms with Crippen molar-refractivity contribution in [3.8, 4) is 0 Å². The van der Waals surface area contributed by atoms with Crippen LogP contribution in [0.15, 0.2) is 43.0 Å². The molecule has 0 aliphatic heterocycles. The highest BCUT2D eigenvalue weighted by atomic mass is 79.9. The van der Waals surface area contributed by atoms with Gasteiger partial charge in [-0.25, -0.2) is 4.79 Å². The summed E-state index contributed by atoms with van der Waals surface area (Å²) in [6.45, 7) is 5.15. The molecule has 0 fully saturated rings. The average Bonchev–Trinajstić information content (AvgIpc) is 2.58. The van der Waals surface area contributed by atoms with Crippen molar-refractivity contribution in [1.29, 1.82) is 0 Å². The first-order valence-corrected chi connectivity index (χ1v) is 8.55. The van der Waals surface area contributed by atoms with Crippen LogP contribution in [0, 0.1) is 0 Å². The number of hydrogen-bond acceptors (Lipinski definition) is 5. The second-order valence-corrected chi connectivity index (χ2v) is 5.50. The first-order valence-electron chi connectivity index (χ1n) is 7.43. The van der Waals surface area contributed by atoms with Crippen LogP contribution in [0.2, 0.25) is 0 Å². The summed E-state index contributed by atoms with van der Waals surface area (Å²) in [6.07, 6.45) is 0.170. The maximum atomic E-state index is 12.3. The number of carbonyl (C=O) groups excluding carboxylic acids is 3. The van der Waals surface area contributed by atoms with Gasteiger partial charge in [0.05, 0.1) is 13.0 Å². The predicted octanol–water partition coefficient (Wildman–Crippen LogP) is 2.29. The fourth-order valence-electron chi connectivity index (χ4n) is 1.95. The number of nitrogens with one attached hydrogen (secondary N) is 1. The summed E-state index contributed by atoms with van der Waals surface area (Å²) >= 11 is 3.16. The maximum absolute atomic E-state index is 12.3.